The Morgan fingerprint density at radius 1 is 1.10 bits per heavy atom. The van der Waals surface area contributed by atoms with Gasteiger partial charge in [0.05, 0.1) is 10.9 Å². The van der Waals surface area contributed by atoms with Gasteiger partial charge >= 0.3 is 0 Å². The molecule has 1 aliphatic rings. The predicted octanol–water partition coefficient (Wildman–Crippen LogP) is 2.82. The topological polar surface area (TPSA) is 92.4 Å². The van der Waals surface area contributed by atoms with Gasteiger partial charge in [0.1, 0.15) is 0 Å². The standard InChI is InChI=1S/C21H25N5O3S/c1-15-6-7-16(2)19(13-15)30(27,28)26-11-9-25(10-12-26)17(3)21-23-20(24-29-21)18-5-4-8-22-14-18/h4-8,13-14,17H,9-12H2,1-3H3. The number of aromatic nitrogens is 3. The van der Waals surface area contributed by atoms with E-state index in [1.54, 1.807) is 22.8 Å². The first kappa shape index (κ1) is 20.6. The molecule has 4 rings (SSSR count). The molecule has 9 heteroatoms. The van der Waals surface area contributed by atoms with Gasteiger partial charge in [-0.05, 0) is 50.1 Å². The third kappa shape index (κ3) is 4.00. The second-order valence-corrected chi connectivity index (χ2v) is 9.49. The number of nitrogens with zero attached hydrogens (tertiary/aromatic N) is 5. The van der Waals surface area contributed by atoms with Crippen molar-refractivity contribution in [1.82, 2.24) is 24.3 Å². The Hall–Kier alpha value is -2.62. The maximum atomic E-state index is 13.1. The van der Waals surface area contributed by atoms with Gasteiger partial charge in [-0.1, -0.05) is 17.3 Å². The van der Waals surface area contributed by atoms with Crippen LogP contribution in [-0.2, 0) is 10.0 Å². The lowest BCUT2D eigenvalue weighted by atomic mass is 10.2. The van der Waals surface area contributed by atoms with Gasteiger partial charge in [0.2, 0.25) is 21.7 Å². The van der Waals surface area contributed by atoms with E-state index in [1.807, 2.05) is 45.0 Å². The number of piperazine rings is 1. The van der Waals surface area contributed by atoms with Crippen LogP contribution >= 0.6 is 0 Å². The molecule has 1 atom stereocenters. The molecular formula is C21H25N5O3S. The summed E-state index contributed by atoms with van der Waals surface area (Å²) in [6.45, 7) is 7.76. The van der Waals surface area contributed by atoms with Gasteiger partial charge in [-0.2, -0.15) is 9.29 Å². The van der Waals surface area contributed by atoms with Gasteiger partial charge in [-0.15, -0.1) is 0 Å². The minimum Gasteiger partial charge on any atom is -0.337 e. The third-order valence-corrected chi connectivity index (χ3v) is 7.54. The van der Waals surface area contributed by atoms with Crippen molar-refractivity contribution >= 4 is 10.0 Å². The van der Waals surface area contributed by atoms with Crippen LogP contribution in [-0.4, -0.2) is 58.9 Å². The highest BCUT2D eigenvalue weighted by Crippen LogP contribution is 2.26. The van der Waals surface area contributed by atoms with Gasteiger partial charge in [-0.25, -0.2) is 8.42 Å². The first-order valence-electron chi connectivity index (χ1n) is 9.92. The molecule has 8 nitrogen and oxygen atoms in total. The SMILES string of the molecule is Cc1ccc(C)c(S(=O)(=O)N2CCN(C(C)c3nc(-c4cccnc4)no3)CC2)c1. The zero-order valence-corrected chi connectivity index (χ0v) is 18.1. The van der Waals surface area contributed by atoms with Crippen LogP contribution in [0.5, 0.6) is 0 Å². The Kier molecular flexibility index (Phi) is 5.68. The Balaban J connectivity index is 1.44. The lowest BCUT2D eigenvalue weighted by molar-refractivity contribution is 0.124. The van der Waals surface area contributed by atoms with E-state index >= 15 is 0 Å². The smallest absolute Gasteiger partial charge is 0.244 e. The van der Waals surface area contributed by atoms with Crippen LogP contribution in [0.15, 0.2) is 52.1 Å². The van der Waals surface area contributed by atoms with Gasteiger partial charge in [0.15, 0.2) is 0 Å². The quantitative estimate of drug-likeness (QED) is 0.618. The highest BCUT2D eigenvalue weighted by atomic mass is 32.2. The lowest BCUT2D eigenvalue weighted by Crippen LogP contribution is -2.49. The molecule has 0 amide bonds. The van der Waals surface area contributed by atoms with Crippen LogP contribution in [0, 0.1) is 13.8 Å². The van der Waals surface area contributed by atoms with Crippen molar-refractivity contribution in [1.29, 1.82) is 0 Å². The molecule has 158 valence electrons. The Morgan fingerprint density at radius 2 is 1.87 bits per heavy atom. The number of rotatable bonds is 5. The molecule has 0 N–H and O–H groups in total. The van der Waals surface area contributed by atoms with Crippen LogP contribution in [0.3, 0.4) is 0 Å². The van der Waals surface area contributed by atoms with Gasteiger partial charge in [0.25, 0.3) is 0 Å². The van der Waals surface area contributed by atoms with Gasteiger partial charge < -0.3 is 4.52 Å². The Bertz CT molecular complexity index is 1120. The first-order chi connectivity index (χ1) is 14.4. The zero-order valence-electron chi connectivity index (χ0n) is 17.3. The minimum absolute atomic E-state index is 0.103. The van der Waals surface area contributed by atoms with Crippen molar-refractivity contribution < 1.29 is 12.9 Å². The van der Waals surface area contributed by atoms with E-state index in [1.165, 1.54) is 0 Å². The van der Waals surface area contributed by atoms with Crippen molar-refractivity contribution in [3.05, 3.63) is 59.7 Å². The highest BCUT2D eigenvalue weighted by Gasteiger charge is 2.32. The van der Waals surface area contributed by atoms with E-state index in [0.29, 0.717) is 42.8 Å². The average molecular weight is 428 g/mol. The van der Waals surface area contributed by atoms with Crippen LogP contribution in [0.2, 0.25) is 0 Å². The molecular weight excluding hydrogens is 402 g/mol. The number of hydrogen-bond donors (Lipinski definition) is 0. The predicted molar refractivity (Wildman–Crippen MR) is 112 cm³/mol. The van der Waals surface area contributed by atoms with E-state index in [9.17, 15) is 8.42 Å². The normalized spacial score (nSPS) is 17.2. The summed E-state index contributed by atoms with van der Waals surface area (Å²) in [6.07, 6.45) is 3.38. The molecule has 1 fully saturated rings. The summed E-state index contributed by atoms with van der Waals surface area (Å²) in [6, 6.07) is 9.13. The summed E-state index contributed by atoms with van der Waals surface area (Å²) in [4.78, 5) is 11.1. The summed E-state index contributed by atoms with van der Waals surface area (Å²) in [7, 11) is -3.51. The van der Waals surface area contributed by atoms with Crippen molar-refractivity contribution in [2.24, 2.45) is 0 Å². The number of sulfonamides is 1. The fourth-order valence-electron chi connectivity index (χ4n) is 3.63. The first-order valence-corrected chi connectivity index (χ1v) is 11.4. The fourth-order valence-corrected chi connectivity index (χ4v) is 5.36. The van der Waals surface area contributed by atoms with Gasteiger partial charge in [-0.3, -0.25) is 9.88 Å². The highest BCUT2D eigenvalue weighted by molar-refractivity contribution is 7.89. The zero-order chi connectivity index (χ0) is 21.3. The molecule has 1 saturated heterocycles. The summed E-state index contributed by atoms with van der Waals surface area (Å²) in [5, 5.41) is 4.06. The van der Waals surface area contributed by atoms with Crippen LogP contribution < -0.4 is 0 Å². The summed E-state index contributed by atoms with van der Waals surface area (Å²) in [5.74, 6) is 1.01. The largest absolute Gasteiger partial charge is 0.337 e. The molecule has 1 unspecified atom stereocenters. The van der Waals surface area contributed by atoms with Crippen molar-refractivity contribution in [2.45, 2.75) is 31.7 Å². The van der Waals surface area contributed by atoms with Crippen molar-refractivity contribution in [2.75, 3.05) is 26.2 Å². The molecule has 0 saturated carbocycles. The van der Waals surface area contributed by atoms with Crippen molar-refractivity contribution in [3.8, 4) is 11.4 Å². The molecule has 0 radical (unpaired) electrons. The maximum absolute atomic E-state index is 13.1. The van der Waals surface area contributed by atoms with Crippen molar-refractivity contribution in [3.63, 3.8) is 0 Å². The van der Waals surface area contributed by atoms with Crippen LogP contribution in [0.25, 0.3) is 11.4 Å². The molecule has 0 spiro atoms. The molecule has 3 heterocycles. The molecule has 0 aliphatic carbocycles. The molecule has 1 aliphatic heterocycles. The Labute approximate surface area is 176 Å². The molecule has 1 aromatic carbocycles. The van der Waals surface area contributed by atoms with E-state index in [-0.39, 0.29) is 6.04 Å². The van der Waals surface area contributed by atoms with Gasteiger partial charge in [0, 0.05) is 44.1 Å². The summed E-state index contributed by atoms with van der Waals surface area (Å²) < 4.78 is 33.3. The van der Waals surface area contributed by atoms with E-state index in [4.69, 9.17) is 4.52 Å². The number of pyridine rings is 1. The van der Waals surface area contributed by atoms with E-state index in [2.05, 4.69) is 20.0 Å². The fraction of sp³-hybridized carbons (Fsp3) is 0.381. The number of aryl methyl sites for hydroxylation is 2. The molecule has 3 aromatic rings. The third-order valence-electron chi connectivity index (χ3n) is 5.50. The minimum atomic E-state index is -3.51. The second-order valence-electron chi connectivity index (χ2n) is 7.58. The lowest BCUT2D eigenvalue weighted by Gasteiger charge is -2.36. The van der Waals surface area contributed by atoms with E-state index < -0.39 is 10.0 Å². The maximum Gasteiger partial charge on any atom is 0.244 e. The molecule has 0 bridgehead atoms. The molecule has 2 aromatic heterocycles. The van der Waals surface area contributed by atoms with Crippen LogP contribution in [0.4, 0.5) is 0 Å². The Morgan fingerprint density at radius 3 is 2.57 bits per heavy atom. The second kappa shape index (κ2) is 8.25. The van der Waals surface area contributed by atoms with E-state index in [0.717, 1.165) is 16.7 Å². The monoisotopic (exact) mass is 427 g/mol. The number of benzene rings is 1. The summed E-state index contributed by atoms with van der Waals surface area (Å²) in [5.41, 5.74) is 2.50. The number of hydrogen-bond acceptors (Lipinski definition) is 7. The summed E-state index contributed by atoms with van der Waals surface area (Å²) >= 11 is 0. The average Bonchev–Trinajstić information content (AvgIpc) is 3.26. The van der Waals surface area contributed by atoms with Crippen LogP contribution in [0.1, 0.15) is 30.0 Å². The molecule has 30 heavy (non-hydrogen) atoms.